The average Bonchev–Trinajstić information content (AvgIpc) is 2.73. The lowest BCUT2D eigenvalue weighted by atomic mass is 9.94. The highest BCUT2D eigenvalue weighted by Gasteiger charge is 2.50. The van der Waals surface area contributed by atoms with Gasteiger partial charge in [-0.25, -0.2) is 22.0 Å². The minimum absolute atomic E-state index is 0.117. The van der Waals surface area contributed by atoms with E-state index in [4.69, 9.17) is 33.1 Å². The molecule has 0 spiro atoms. The first-order valence-corrected chi connectivity index (χ1v) is 13.3. The fourth-order valence-electron chi connectivity index (χ4n) is 3.58. The number of hydrogen-bond acceptors (Lipinski definition) is 7. The van der Waals surface area contributed by atoms with E-state index in [1.807, 2.05) is 0 Å². The van der Waals surface area contributed by atoms with E-state index >= 15 is 0 Å². The fraction of sp³-hybridized carbons (Fsp3) is 0.263. The maximum atomic E-state index is 13.2. The zero-order chi connectivity index (χ0) is 24.7. The Hall–Kier alpha value is -2.22. The topological polar surface area (TPSA) is 144 Å². The van der Waals surface area contributed by atoms with Gasteiger partial charge in [-0.1, -0.05) is 29.3 Å². The van der Waals surface area contributed by atoms with Gasteiger partial charge in [0.2, 0.25) is 26.0 Å². The van der Waals surface area contributed by atoms with Crippen molar-refractivity contribution >= 4 is 60.8 Å². The monoisotopic (exact) mass is 535 g/mol. The van der Waals surface area contributed by atoms with E-state index in [1.54, 1.807) is 0 Å². The maximum absolute atomic E-state index is 13.2. The number of benzene rings is 2. The quantitative estimate of drug-likeness (QED) is 0.571. The third kappa shape index (κ3) is 5.15. The molecule has 1 aliphatic rings. The van der Waals surface area contributed by atoms with Crippen LogP contribution in [0, 0.1) is 0 Å². The maximum Gasteiger partial charge on any atom is 0.326 e. The van der Waals surface area contributed by atoms with Crippen molar-refractivity contribution in [3.05, 3.63) is 58.1 Å². The summed E-state index contributed by atoms with van der Waals surface area (Å²) >= 11 is 12.2. The summed E-state index contributed by atoms with van der Waals surface area (Å²) in [6, 6.07) is 6.73. The van der Waals surface area contributed by atoms with E-state index < -0.39 is 50.6 Å². The van der Waals surface area contributed by atoms with Gasteiger partial charge < -0.3 is 9.64 Å². The Bertz CT molecular complexity index is 1320. The van der Waals surface area contributed by atoms with Crippen LogP contribution >= 0.6 is 23.2 Å². The van der Waals surface area contributed by atoms with Gasteiger partial charge in [-0.05, 0) is 42.0 Å². The Kier molecular flexibility index (Phi) is 7.08. The molecule has 2 aromatic rings. The second-order valence-electron chi connectivity index (χ2n) is 7.20. The lowest BCUT2D eigenvalue weighted by molar-refractivity contribution is -0.147. The summed E-state index contributed by atoms with van der Waals surface area (Å²) in [4.78, 5) is 27.0. The van der Waals surface area contributed by atoms with Crippen LogP contribution < -0.4 is 10.0 Å². The summed E-state index contributed by atoms with van der Waals surface area (Å²) in [5, 5.41) is 5.46. The zero-order valence-electron chi connectivity index (χ0n) is 17.3. The molecule has 178 valence electrons. The lowest BCUT2D eigenvalue weighted by Gasteiger charge is -2.44. The van der Waals surface area contributed by atoms with Gasteiger partial charge in [-0.2, -0.15) is 4.31 Å². The average molecular weight is 536 g/mol. The van der Waals surface area contributed by atoms with Crippen molar-refractivity contribution in [2.24, 2.45) is 5.14 Å². The van der Waals surface area contributed by atoms with Crippen LogP contribution in [-0.2, 0) is 34.4 Å². The lowest BCUT2D eigenvalue weighted by Crippen LogP contribution is -2.62. The summed E-state index contributed by atoms with van der Waals surface area (Å²) in [7, 11) is -6.92. The molecule has 0 aliphatic carbocycles. The molecule has 14 heteroatoms. The number of methoxy groups -OCH3 is 1. The van der Waals surface area contributed by atoms with E-state index in [1.165, 1.54) is 47.4 Å². The number of hydrogen-bond donors (Lipinski definition) is 1. The Labute approximate surface area is 200 Å². The number of halogens is 2. The molecule has 0 bridgehead atoms. The Balaban J connectivity index is 2.26. The SMILES string of the molecule is COC(=O)[C@H]1[C@H](c2ccc(Cl)c(Cl)c2)N(c2ccc(S(N)(=O)=O)cc2)C(=O)CN1S(C)(=O)=O. The van der Waals surface area contributed by atoms with E-state index in [2.05, 4.69) is 0 Å². The van der Waals surface area contributed by atoms with Crippen LogP contribution in [0.1, 0.15) is 11.6 Å². The van der Waals surface area contributed by atoms with Crippen LogP contribution in [0.15, 0.2) is 47.4 Å². The van der Waals surface area contributed by atoms with E-state index in [0.717, 1.165) is 17.7 Å². The normalized spacial score (nSPS) is 20.0. The van der Waals surface area contributed by atoms with Crippen LogP contribution in [0.4, 0.5) is 5.69 Å². The van der Waals surface area contributed by atoms with Crippen LogP contribution in [0.5, 0.6) is 0 Å². The largest absolute Gasteiger partial charge is 0.468 e. The second-order valence-corrected chi connectivity index (χ2v) is 11.5. The number of rotatable bonds is 5. The summed E-state index contributed by atoms with van der Waals surface area (Å²) in [5.74, 6) is -1.57. The molecule has 0 aromatic heterocycles. The number of sulfonamides is 2. The van der Waals surface area contributed by atoms with E-state index in [9.17, 15) is 26.4 Å². The first-order chi connectivity index (χ1) is 15.3. The molecule has 1 aliphatic heterocycles. The number of carbonyl (C=O) groups is 2. The number of ether oxygens (including phenoxy) is 1. The van der Waals surface area contributed by atoms with Crippen LogP contribution in [0.3, 0.4) is 0 Å². The number of nitrogens with zero attached hydrogens (tertiary/aromatic N) is 2. The standard InChI is InChI=1S/C19H19Cl2N3O7S2/c1-31-19(26)18-17(11-3-8-14(20)15(21)9-11)24(16(25)10-23(18)32(2,27)28)12-4-6-13(7-5-12)33(22,29)30/h3-9,17-18H,10H2,1-2H3,(H2,22,29,30)/t17-,18+/m0/s1. The van der Waals surface area contributed by atoms with Gasteiger partial charge in [-0.15, -0.1) is 0 Å². The number of primary sulfonamides is 1. The van der Waals surface area contributed by atoms with Gasteiger partial charge in [0.1, 0.15) is 6.04 Å². The highest BCUT2D eigenvalue weighted by Crippen LogP contribution is 2.39. The third-order valence-corrected chi connectivity index (χ3v) is 7.92. The molecule has 1 fully saturated rings. The molecule has 1 heterocycles. The van der Waals surface area contributed by atoms with Gasteiger partial charge >= 0.3 is 5.97 Å². The summed E-state index contributed by atoms with van der Waals surface area (Å²) < 4.78 is 53.8. The van der Waals surface area contributed by atoms with Crippen LogP contribution in [0.25, 0.3) is 0 Å². The smallest absolute Gasteiger partial charge is 0.326 e. The fourth-order valence-corrected chi connectivity index (χ4v) is 5.36. The van der Waals surface area contributed by atoms with Gasteiger partial charge in [-0.3, -0.25) is 9.59 Å². The first kappa shape index (κ1) is 25.4. The predicted molar refractivity (Wildman–Crippen MR) is 122 cm³/mol. The van der Waals surface area contributed by atoms with Crippen LogP contribution in [0.2, 0.25) is 10.0 Å². The molecule has 0 saturated carbocycles. The molecular formula is C19H19Cl2N3O7S2. The highest BCUT2D eigenvalue weighted by molar-refractivity contribution is 7.89. The Morgan fingerprint density at radius 1 is 1.06 bits per heavy atom. The number of nitrogens with two attached hydrogens (primary N) is 1. The van der Waals surface area contributed by atoms with Gasteiger partial charge in [0.05, 0.1) is 40.9 Å². The molecular weight excluding hydrogens is 517 g/mol. The molecule has 0 radical (unpaired) electrons. The second kappa shape index (κ2) is 9.20. The Morgan fingerprint density at radius 2 is 1.67 bits per heavy atom. The molecule has 2 aromatic carbocycles. The minimum atomic E-state index is -4.02. The molecule has 0 unspecified atom stereocenters. The minimum Gasteiger partial charge on any atom is -0.468 e. The molecule has 33 heavy (non-hydrogen) atoms. The Morgan fingerprint density at radius 3 is 2.15 bits per heavy atom. The zero-order valence-corrected chi connectivity index (χ0v) is 20.5. The number of amides is 1. The van der Waals surface area contributed by atoms with Crippen molar-refractivity contribution < 1.29 is 31.2 Å². The first-order valence-electron chi connectivity index (χ1n) is 9.20. The van der Waals surface area contributed by atoms with Crippen LogP contribution in [-0.4, -0.2) is 59.0 Å². The molecule has 10 nitrogen and oxygen atoms in total. The van der Waals surface area contributed by atoms with Gasteiger partial charge in [0, 0.05) is 5.69 Å². The van der Waals surface area contributed by atoms with Crippen molar-refractivity contribution in [2.45, 2.75) is 17.0 Å². The summed E-state index contributed by atoms with van der Waals surface area (Å²) in [5.41, 5.74) is 0.502. The number of piperazine rings is 1. The summed E-state index contributed by atoms with van der Waals surface area (Å²) in [6.07, 6.45) is 0.874. The summed E-state index contributed by atoms with van der Waals surface area (Å²) in [6.45, 7) is -0.645. The molecule has 1 saturated heterocycles. The van der Waals surface area contributed by atoms with Gasteiger partial charge in [0.25, 0.3) is 0 Å². The predicted octanol–water partition coefficient (Wildman–Crippen LogP) is 1.53. The van der Waals surface area contributed by atoms with Crippen molar-refractivity contribution in [3.8, 4) is 0 Å². The van der Waals surface area contributed by atoms with Crippen molar-refractivity contribution in [2.75, 3.05) is 24.8 Å². The van der Waals surface area contributed by atoms with E-state index in [-0.39, 0.29) is 20.6 Å². The van der Waals surface area contributed by atoms with Crippen molar-refractivity contribution in [3.63, 3.8) is 0 Å². The third-order valence-electron chi connectivity index (χ3n) is 5.04. The highest BCUT2D eigenvalue weighted by atomic mass is 35.5. The molecule has 1 amide bonds. The van der Waals surface area contributed by atoms with E-state index in [0.29, 0.717) is 5.56 Å². The number of esters is 1. The van der Waals surface area contributed by atoms with Crippen molar-refractivity contribution in [1.29, 1.82) is 0 Å². The molecule has 3 rings (SSSR count). The van der Waals surface area contributed by atoms with Crippen molar-refractivity contribution in [1.82, 2.24) is 4.31 Å². The van der Waals surface area contributed by atoms with Gasteiger partial charge in [0.15, 0.2) is 0 Å². The molecule has 2 N–H and O–H groups in total. The molecule has 2 atom stereocenters. The number of carbonyl (C=O) groups excluding carboxylic acids is 2. The number of anilines is 1.